The lowest BCUT2D eigenvalue weighted by Gasteiger charge is -2.28. The van der Waals surface area contributed by atoms with E-state index in [4.69, 9.17) is 4.74 Å². The number of nitrogens with one attached hydrogen (secondary N) is 1. The number of benzene rings is 2. The Labute approximate surface area is 178 Å². The highest BCUT2D eigenvalue weighted by atomic mass is 32.2. The maximum atomic E-state index is 12.4. The van der Waals surface area contributed by atoms with Crippen molar-refractivity contribution in [3.05, 3.63) is 54.1 Å². The lowest BCUT2D eigenvalue weighted by Crippen LogP contribution is -2.37. The predicted octanol–water partition coefficient (Wildman–Crippen LogP) is 3.40. The number of ether oxygens (including phenoxy) is 1. The van der Waals surface area contributed by atoms with E-state index in [1.807, 2.05) is 24.3 Å². The summed E-state index contributed by atoms with van der Waals surface area (Å²) in [5.41, 5.74) is 1.27. The van der Waals surface area contributed by atoms with Gasteiger partial charge in [-0.05, 0) is 31.2 Å². The summed E-state index contributed by atoms with van der Waals surface area (Å²) >= 11 is 1.36. The number of fused-ring (bicyclic) bond motifs is 1. The lowest BCUT2D eigenvalue weighted by molar-refractivity contribution is -0.113. The molecule has 154 valence electrons. The van der Waals surface area contributed by atoms with Gasteiger partial charge in [-0.2, -0.15) is 0 Å². The molecule has 1 fully saturated rings. The van der Waals surface area contributed by atoms with Gasteiger partial charge in [0.1, 0.15) is 5.03 Å². The molecule has 0 radical (unpaired) electrons. The standard InChI is InChI=1S/C22H22N4O3S/c1-15(27)16-6-8-17(9-7-16)23-20(28)14-30-22-19-5-3-2-4-18(19)21(24-25-22)26-10-12-29-13-11-26/h2-9H,10-14H2,1H3,(H,23,28). The maximum absolute atomic E-state index is 12.4. The quantitative estimate of drug-likeness (QED) is 0.481. The predicted molar refractivity (Wildman–Crippen MR) is 118 cm³/mol. The third-order valence-electron chi connectivity index (χ3n) is 4.86. The molecule has 2 aromatic carbocycles. The van der Waals surface area contributed by atoms with E-state index in [2.05, 4.69) is 20.4 Å². The summed E-state index contributed by atoms with van der Waals surface area (Å²) in [6.45, 7) is 4.45. The van der Waals surface area contributed by atoms with Gasteiger partial charge in [0.15, 0.2) is 11.6 Å². The molecule has 0 spiro atoms. The Morgan fingerprint density at radius 1 is 1.03 bits per heavy atom. The monoisotopic (exact) mass is 422 g/mol. The summed E-state index contributed by atoms with van der Waals surface area (Å²) in [6.07, 6.45) is 0. The van der Waals surface area contributed by atoms with Crippen molar-refractivity contribution >= 4 is 45.7 Å². The zero-order chi connectivity index (χ0) is 20.9. The number of rotatable bonds is 6. The zero-order valence-corrected chi connectivity index (χ0v) is 17.4. The first kappa shape index (κ1) is 20.3. The first-order chi connectivity index (χ1) is 14.6. The number of hydrogen-bond donors (Lipinski definition) is 1. The molecule has 7 nitrogen and oxygen atoms in total. The number of anilines is 2. The summed E-state index contributed by atoms with van der Waals surface area (Å²) in [5, 5.41) is 14.4. The molecule has 0 atom stereocenters. The summed E-state index contributed by atoms with van der Waals surface area (Å²) in [6, 6.07) is 14.9. The molecule has 1 saturated heterocycles. The minimum atomic E-state index is -0.140. The number of Topliss-reactive ketones (excluding diaryl/α,β-unsaturated/α-hetero) is 1. The minimum Gasteiger partial charge on any atom is -0.378 e. The van der Waals surface area contributed by atoms with Crippen LogP contribution in [-0.2, 0) is 9.53 Å². The van der Waals surface area contributed by atoms with Crippen LogP contribution < -0.4 is 10.2 Å². The lowest BCUT2D eigenvalue weighted by atomic mass is 10.1. The van der Waals surface area contributed by atoms with E-state index in [1.54, 1.807) is 24.3 Å². The van der Waals surface area contributed by atoms with Gasteiger partial charge >= 0.3 is 0 Å². The molecule has 1 aliphatic rings. The molecular formula is C22H22N4O3S. The fraction of sp³-hybridized carbons (Fsp3) is 0.273. The Morgan fingerprint density at radius 3 is 2.43 bits per heavy atom. The Balaban J connectivity index is 1.46. The summed E-state index contributed by atoms with van der Waals surface area (Å²) < 4.78 is 5.43. The van der Waals surface area contributed by atoms with Crippen LogP contribution in [0, 0.1) is 0 Å². The van der Waals surface area contributed by atoms with Gasteiger partial charge in [-0.1, -0.05) is 36.0 Å². The number of amides is 1. The van der Waals surface area contributed by atoms with E-state index in [0.29, 0.717) is 24.5 Å². The van der Waals surface area contributed by atoms with Crippen LogP contribution in [0.2, 0.25) is 0 Å². The highest BCUT2D eigenvalue weighted by Gasteiger charge is 2.18. The SMILES string of the molecule is CC(=O)c1ccc(NC(=O)CSc2nnc(N3CCOCC3)c3ccccc23)cc1. The van der Waals surface area contributed by atoms with Gasteiger partial charge in [0.05, 0.1) is 19.0 Å². The van der Waals surface area contributed by atoms with E-state index in [-0.39, 0.29) is 17.4 Å². The van der Waals surface area contributed by atoms with Crippen LogP contribution in [-0.4, -0.2) is 53.9 Å². The van der Waals surface area contributed by atoms with Crippen molar-refractivity contribution in [3.63, 3.8) is 0 Å². The number of morpholine rings is 1. The first-order valence-electron chi connectivity index (χ1n) is 9.73. The van der Waals surface area contributed by atoms with Crippen molar-refractivity contribution in [1.82, 2.24) is 10.2 Å². The van der Waals surface area contributed by atoms with Crippen LogP contribution in [0.4, 0.5) is 11.5 Å². The average molecular weight is 423 g/mol. The second kappa shape index (κ2) is 9.23. The Bertz CT molecular complexity index is 1070. The van der Waals surface area contributed by atoms with Gasteiger partial charge in [-0.15, -0.1) is 10.2 Å². The fourth-order valence-corrected chi connectivity index (χ4v) is 4.07. The molecule has 1 aliphatic heterocycles. The molecule has 2 heterocycles. The van der Waals surface area contributed by atoms with Crippen molar-refractivity contribution in [2.45, 2.75) is 11.9 Å². The molecular weight excluding hydrogens is 400 g/mol. The molecule has 8 heteroatoms. The molecule has 0 unspecified atom stereocenters. The molecule has 1 amide bonds. The molecule has 1 N–H and O–H groups in total. The van der Waals surface area contributed by atoms with Crippen molar-refractivity contribution in [1.29, 1.82) is 0 Å². The summed E-state index contributed by atoms with van der Waals surface area (Å²) in [5.74, 6) is 0.922. The topological polar surface area (TPSA) is 84.4 Å². The Morgan fingerprint density at radius 2 is 1.73 bits per heavy atom. The highest BCUT2D eigenvalue weighted by Crippen LogP contribution is 2.31. The van der Waals surface area contributed by atoms with Gasteiger partial charge in [-0.3, -0.25) is 9.59 Å². The van der Waals surface area contributed by atoms with E-state index < -0.39 is 0 Å². The van der Waals surface area contributed by atoms with Gasteiger partial charge in [0.2, 0.25) is 5.91 Å². The number of carbonyl (C=O) groups is 2. The van der Waals surface area contributed by atoms with Crippen molar-refractivity contribution in [2.75, 3.05) is 42.3 Å². The molecule has 0 saturated carbocycles. The van der Waals surface area contributed by atoms with Crippen LogP contribution in [0.3, 0.4) is 0 Å². The number of hydrogen-bond acceptors (Lipinski definition) is 7. The molecule has 3 aromatic rings. The Kier molecular flexibility index (Phi) is 6.25. The molecule has 0 aliphatic carbocycles. The summed E-state index contributed by atoms with van der Waals surface area (Å²) in [4.78, 5) is 25.9. The second-order valence-corrected chi connectivity index (χ2v) is 7.91. The van der Waals surface area contributed by atoms with Crippen LogP contribution in [0.5, 0.6) is 0 Å². The second-order valence-electron chi connectivity index (χ2n) is 6.94. The molecule has 4 rings (SSSR count). The summed E-state index contributed by atoms with van der Waals surface area (Å²) in [7, 11) is 0. The number of thioether (sulfide) groups is 1. The first-order valence-corrected chi connectivity index (χ1v) is 10.7. The van der Waals surface area contributed by atoms with Gasteiger partial charge in [0.25, 0.3) is 0 Å². The van der Waals surface area contributed by atoms with Gasteiger partial charge in [0, 0.05) is 35.1 Å². The molecule has 1 aromatic heterocycles. The largest absolute Gasteiger partial charge is 0.378 e. The fourth-order valence-electron chi connectivity index (χ4n) is 3.30. The van der Waals surface area contributed by atoms with Crippen LogP contribution in [0.25, 0.3) is 10.8 Å². The van der Waals surface area contributed by atoms with E-state index >= 15 is 0 Å². The van der Waals surface area contributed by atoms with Crippen molar-refractivity contribution < 1.29 is 14.3 Å². The van der Waals surface area contributed by atoms with Gasteiger partial charge in [-0.25, -0.2) is 0 Å². The normalized spacial score (nSPS) is 14.0. The smallest absolute Gasteiger partial charge is 0.234 e. The van der Waals surface area contributed by atoms with Crippen LogP contribution >= 0.6 is 11.8 Å². The average Bonchev–Trinajstić information content (AvgIpc) is 2.78. The Hall–Kier alpha value is -2.97. The highest BCUT2D eigenvalue weighted by molar-refractivity contribution is 8.00. The van der Waals surface area contributed by atoms with Crippen molar-refractivity contribution in [2.24, 2.45) is 0 Å². The van der Waals surface area contributed by atoms with Crippen LogP contribution in [0.15, 0.2) is 53.6 Å². The third-order valence-corrected chi connectivity index (χ3v) is 5.84. The van der Waals surface area contributed by atoms with E-state index in [1.165, 1.54) is 18.7 Å². The number of ketones is 1. The van der Waals surface area contributed by atoms with E-state index in [0.717, 1.165) is 34.7 Å². The van der Waals surface area contributed by atoms with E-state index in [9.17, 15) is 9.59 Å². The van der Waals surface area contributed by atoms with Crippen molar-refractivity contribution in [3.8, 4) is 0 Å². The zero-order valence-electron chi connectivity index (χ0n) is 16.6. The molecule has 0 bridgehead atoms. The van der Waals surface area contributed by atoms with Gasteiger partial charge < -0.3 is 15.0 Å². The third kappa shape index (κ3) is 4.60. The molecule has 30 heavy (non-hydrogen) atoms. The minimum absolute atomic E-state index is 0.00518. The number of carbonyl (C=O) groups excluding carboxylic acids is 2. The van der Waals surface area contributed by atoms with Crippen LogP contribution in [0.1, 0.15) is 17.3 Å². The number of nitrogens with zero attached hydrogens (tertiary/aromatic N) is 3. The maximum Gasteiger partial charge on any atom is 0.234 e. The number of aromatic nitrogens is 2.